The van der Waals surface area contributed by atoms with Gasteiger partial charge in [0.25, 0.3) is 0 Å². The zero-order chi connectivity index (χ0) is 13.9. The fourth-order valence-corrected chi connectivity index (χ4v) is 2.78. The van der Waals surface area contributed by atoms with Crippen LogP contribution in [0.3, 0.4) is 0 Å². The maximum Gasteiger partial charge on any atom is 0.163 e. The highest BCUT2D eigenvalue weighted by Crippen LogP contribution is 2.37. The Morgan fingerprint density at radius 2 is 2.10 bits per heavy atom. The zero-order valence-electron chi connectivity index (χ0n) is 11.3. The Morgan fingerprint density at radius 1 is 1.35 bits per heavy atom. The Labute approximate surface area is 121 Å². The molecule has 0 spiro atoms. The van der Waals surface area contributed by atoms with Crippen molar-refractivity contribution < 1.29 is 9.47 Å². The summed E-state index contributed by atoms with van der Waals surface area (Å²) in [5.41, 5.74) is 7.58. The first-order chi connectivity index (χ1) is 9.74. The fraction of sp³-hybridized carbons (Fsp3) is 0.357. The third-order valence-electron chi connectivity index (χ3n) is 3.19. The van der Waals surface area contributed by atoms with E-state index in [0.29, 0.717) is 30.6 Å². The molecule has 20 heavy (non-hydrogen) atoms. The van der Waals surface area contributed by atoms with Gasteiger partial charge in [-0.1, -0.05) is 6.92 Å². The van der Waals surface area contributed by atoms with Gasteiger partial charge >= 0.3 is 0 Å². The molecule has 0 saturated carbocycles. The molecule has 0 radical (unpaired) electrons. The fourth-order valence-electron chi connectivity index (χ4n) is 2.09. The van der Waals surface area contributed by atoms with E-state index in [0.717, 1.165) is 23.0 Å². The van der Waals surface area contributed by atoms with Crippen LogP contribution < -0.4 is 20.5 Å². The molecule has 0 saturated heterocycles. The van der Waals surface area contributed by atoms with Crippen LogP contribution in [0.1, 0.15) is 17.8 Å². The Hall–Kier alpha value is -1.95. The molecule has 3 N–H and O–H groups in total. The highest BCUT2D eigenvalue weighted by Gasteiger charge is 2.15. The lowest BCUT2D eigenvalue weighted by molar-refractivity contribution is 0.172. The summed E-state index contributed by atoms with van der Waals surface area (Å²) in [6.07, 6.45) is 1.83. The molecule has 2 heterocycles. The Bertz CT molecular complexity index is 586. The van der Waals surface area contributed by atoms with Crippen LogP contribution in [0.15, 0.2) is 23.7 Å². The standard InChI is InChI=1S/C14H17N3O2S/c1-9(14-16-2-5-20-14)8-17-11-7-13-12(6-10(11)15)18-3-4-19-13/h2,5-7,9,17H,3-4,8,15H2,1H3. The summed E-state index contributed by atoms with van der Waals surface area (Å²) >= 11 is 1.67. The molecule has 1 aliphatic heterocycles. The van der Waals surface area contributed by atoms with Crippen LogP contribution in [-0.2, 0) is 0 Å². The van der Waals surface area contributed by atoms with Gasteiger partial charge in [0.2, 0.25) is 0 Å². The highest BCUT2D eigenvalue weighted by atomic mass is 32.1. The molecule has 3 rings (SSSR count). The van der Waals surface area contributed by atoms with E-state index in [4.69, 9.17) is 15.2 Å². The second kappa shape index (κ2) is 5.58. The van der Waals surface area contributed by atoms with E-state index in [9.17, 15) is 0 Å². The van der Waals surface area contributed by atoms with Crippen molar-refractivity contribution in [1.29, 1.82) is 0 Å². The molecule has 0 aliphatic carbocycles. The van der Waals surface area contributed by atoms with E-state index < -0.39 is 0 Å². The third-order valence-corrected chi connectivity index (χ3v) is 4.19. The second-order valence-corrected chi connectivity index (χ2v) is 5.66. The maximum absolute atomic E-state index is 6.04. The minimum Gasteiger partial charge on any atom is -0.486 e. The van der Waals surface area contributed by atoms with E-state index in [1.807, 2.05) is 23.7 Å². The highest BCUT2D eigenvalue weighted by molar-refractivity contribution is 7.09. The average molecular weight is 291 g/mol. The number of thiazole rings is 1. The molecule has 5 nitrogen and oxygen atoms in total. The number of nitrogens with two attached hydrogens (primary N) is 1. The summed E-state index contributed by atoms with van der Waals surface area (Å²) in [6, 6.07) is 3.71. The van der Waals surface area contributed by atoms with Gasteiger partial charge < -0.3 is 20.5 Å². The molecule has 1 unspecified atom stereocenters. The second-order valence-electron chi connectivity index (χ2n) is 4.74. The van der Waals surface area contributed by atoms with Crippen LogP contribution >= 0.6 is 11.3 Å². The SMILES string of the molecule is CC(CNc1cc2c(cc1N)OCCO2)c1nccs1. The molecule has 1 aliphatic rings. The van der Waals surface area contributed by atoms with Crippen molar-refractivity contribution in [2.75, 3.05) is 30.8 Å². The van der Waals surface area contributed by atoms with Crippen LogP contribution in [0, 0.1) is 0 Å². The van der Waals surface area contributed by atoms with Gasteiger partial charge in [-0.15, -0.1) is 11.3 Å². The van der Waals surface area contributed by atoms with E-state index in [-0.39, 0.29) is 0 Å². The molecule has 1 aromatic carbocycles. The summed E-state index contributed by atoms with van der Waals surface area (Å²) in [5.74, 6) is 1.80. The smallest absolute Gasteiger partial charge is 0.163 e. The van der Waals surface area contributed by atoms with Crippen LogP contribution in [-0.4, -0.2) is 24.7 Å². The largest absolute Gasteiger partial charge is 0.486 e. The predicted octanol–water partition coefficient (Wildman–Crippen LogP) is 2.71. The summed E-state index contributed by atoms with van der Waals surface area (Å²) in [4.78, 5) is 4.32. The third kappa shape index (κ3) is 2.65. The van der Waals surface area contributed by atoms with Crippen molar-refractivity contribution >= 4 is 22.7 Å². The van der Waals surface area contributed by atoms with Crippen molar-refractivity contribution in [3.63, 3.8) is 0 Å². The summed E-state index contributed by atoms with van der Waals surface area (Å²) < 4.78 is 11.1. The number of nitrogens with zero attached hydrogens (tertiary/aromatic N) is 1. The quantitative estimate of drug-likeness (QED) is 0.848. The van der Waals surface area contributed by atoms with Crippen molar-refractivity contribution in [2.45, 2.75) is 12.8 Å². The van der Waals surface area contributed by atoms with Crippen LogP contribution in [0.5, 0.6) is 11.5 Å². The molecule has 2 aromatic rings. The summed E-state index contributed by atoms with van der Waals surface area (Å²) in [7, 11) is 0. The van der Waals surface area contributed by atoms with E-state index in [1.165, 1.54) is 0 Å². The van der Waals surface area contributed by atoms with Gasteiger partial charge in [-0.05, 0) is 0 Å². The number of anilines is 2. The van der Waals surface area contributed by atoms with Crippen molar-refractivity contribution in [1.82, 2.24) is 4.98 Å². The number of nitrogen functional groups attached to an aromatic ring is 1. The monoisotopic (exact) mass is 291 g/mol. The van der Waals surface area contributed by atoms with Gasteiger partial charge in [0.05, 0.1) is 16.4 Å². The number of benzene rings is 1. The maximum atomic E-state index is 6.04. The molecular formula is C14H17N3O2S. The Kier molecular flexibility index (Phi) is 3.64. The van der Waals surface area contributed by atoms with Crippen LogP contribution in [0.2, 0.25) is 0 Å². The van der Waals surface area contributed by atoms with Crippen molar-refractivity contribution in [3.8, 4) is 11.5 Å². The number of rotatable bonds is 4. The lowest BCUT2D eigenvalue weighted by Gasteiger charge is -2.21. The first-order valence-electron chi connectivity index (χ1n) is 6.56. The number of ether oxygens (including phenoxy) is 2. The number of aromatic nitrogens is 1. The molecular weight excluding hydrogens is 274 g/mol. The lowest BCUT2D eigenvalue weighted by atomic mass is 10.1. The molecule has 1 aromatic heterocycles. The van der Waals surface area contributed by atoms with Gasteiger partial charge in [0.1, 0.15) is 13.2 Å². The summed E-state index contributed by atoms with van der Waals surface area (Å²) in [5, 5.41) is 6.47. The first-order valence-corrected chi connectivity index (χ1v) is 7.44. The number of nitrogens with one attached hydrogen (secondary N) is 1. The first kappa shape index (κ1) is 13.1. The van der Waals surface area contributed by atoms with Crippen LogP contribution in [0.4, 0.5) is 11.4 Å². The zero-order valence-corrected chi connectivity index (χ0v) is 12.1. The van der Waals surface area contributed by atoms with Crippen molar-refractivity contribution in [2.24, 2.45) is 0 Å². The van der Waals surface area contributed by atoms with E-state index in [2.05, 4.69) is 17.2 Å². The Morgan fingerprint density at radius 3 is 2.80 bits per heavy atom. The van der Waals surface area contributed by atoms with Gasteiger partial charge in [-0.3, -0.25) is 0 Å². The Balaban J connectivity index is 1.71. The van der Waals surface area contributed by atoms with Gasteiger partial charge in [-0.2, -0.15) is 0 Å². The lowest BCUT2D eigenvalue weighted by Crippen LogP contribution is -2.16. The van der Waals surface area contributed by atoms with E-state index in [1.54, 1.807) is 11.3 Å². The molecule has 0 fully saturated rings. The minimum absolute atomic E-state index is 0.336. The molecule has 0 amide bonds. The molecule has 106 valence electrons. The van der Waals surface area contributed by atoms with Gasteiger partial charge in [0.15, 0.2) is 11.5 Å². The van der Waals surface area contributed by atoms with Gasteiger partial charge in [-0.25, -0.2) is 4.98 Å². The molecule has 1 atom stereocenters. The topological polar surface area (TPSA) is 69.4 Å². The summed E-state index contributed by atoms with van der Waals surface area (Å²) in [6.45, 7) is 4.06. The van der Waals surface area contributed by atoms with E-state index >= 15 is 0 Å². The predicted molar refractivity (Wildman–Crippen MR) is 80.9 cm³/mol. The normalized spacial score (nSPS) is 14.8. The molecule has 0 bridgehead atoms. The van der Waals surface area contributed by atoms with Crippen LogP contribution in [0.25, 0.3) is 0 Å². The number of hydrogen-bond donors (Lipinski definition) is 2. The number of fused-ring (bicyclic) bond motifs is 1. The number of hydrogen-bond acceptors (Lipinski definition) is 6. The van der Waals surface area contributed by atoms with Gasteiger partial charge in [0, 0.05) is 36.2 Å². The molecule has 6 heteroatoms. The minimum atomic E-state index is 0.336. The average Bonchev–Trinajstić information content (AvgIpc) is 2.99. The van der Waals surface area contributed by atoms with Crippen molar-refractivity contribution in [3.05, 3.63) is 28.7 Å².